The Labute approximate surface area is 123 Å². The van der Waals surface area contributed by atoms with Gasteiger partial charge >= 0.3 is 0 Å². The van der Waals surface area contributed by atoms with E-state index in [1.807, 2.05) is 13.8 Å². The van der Waals surface area contributed by atoms with E-state index in [4.69, 9.17) is 5.14 Å². The van der Waals surface area contributed by atoms with Gasteiger partial charge in [-0.3, -0.25) is 0 Å². The maximum atomic E-state index is 14.0. The van der Waals surface area contributed by atoms with Gasteiger partial charge in [0.05, 0.1) is 4.90 Å². The summed E-state index contributed by atoms with van der Waals surface area (Å²) in [5.41, 5.74) is -0.163. The minimum atomic E-state index is -4.07. The Kier molecular flexibility index (Phi) is 3.90. The second kappa shape index (κ2) is 5.01. The van der Waals surface area contributed by atoms with E-state index in [1.165, 1.54) is 4.31 Å². The lowest BCUT2D eigenvalue weighted by molar-refractivity contribution is 0.374. The van der Waals surface area contributed by atoms with Crippen LogP contribution in [0.25, 0.3) is 0 Å². The number of nitrogens with two attached hydrogens (primary N) is 1. The first-order valence-corrected chi connectivity index (χ1v) is 9.25. The van der Waals surface area contributed by atoms with E-state index < -0.39 is 35.7 Å². The summed E-state index contributed by atoms with van der Waals surface area (Å²) in [6, 6.07) is 2.56. The van der Waals surface area contributed by atoms with Crippen LogP contribution in [0, 0.1) is 11.2 Å². The molecule has 0 bridgehead atoms. The molecule has 1 aromatic carbocycles. The Bertz CT molecular complexity index is 772. The molecule has 1 aliphatic rings. The van der Waals surface area contributed by atoms with Crippen LogP contribution >= 0.6 is 0 Å². The zero-order valence-electron chi connectivity index (χ0n) is 11.7. The molecular formula is C12H17FN2O4S2. The molecule has 0 saturated carbocycles. The van der Waals surface area contributed by atoms with Gasteiger partial charge < -0.3 is 0 Å². The average molecular weight is 336 g/mol. The van der Waals surface area contributed by atoms with Gasteiger partial charge in [-0.25, -0.2) is 26.4 Å². The minimum absolute atomic E-state index is 0.163. The molecule has 6 nitrogen and oxygen atoms in total. The van der Waals surface area contributed by atoms with E-state index in [0.29, 0.717) is 25.6 Å². The van der Waals surface area contributed by atoms with E-state index in [9.17, 15) is 21.2 Å². The van der Waals surface area contributed by atoms with Crippen LogP contribution in [0.4, 0.5) is 4.39 Å². The summed E-state index contributed by atoms with van der Waals surface area (Å²) in [5.74, 6) is -1.12. The highest BCUT2D eigenvalue weighted by Gasteiger charge is 2.38. The molecule has 1 heterocycles. The van der Waals surface area contributed by atoms with E-state index in [0.717, 1.165) is 12.1 Å². The van der Waals surface area contributed by atoms with Gasteiger partial charge in [-0.15, -0.1) is 0 Å². The third kappa shape index (κ3) is 3.25. The number of hydrogen-bond donors (Lipinski definition) is 1. The van der Waals surface area contributed by atoms with Crippen molar-refractivity contribution in [3.63, 3.8) is 0 Å². The number of halogens is 1. The SMILES string of the molecule is CC1(C)CCN(S(=O)(=O)c2ccc(S(N)(=O)=O)cc2F)C1. The predicted molar refractivity (Wildman–Crippen MR) is 74.9 cm³/mol. The second-order valence-corrected chi connectivity index (χ2v) is 9.36. The quantitative estimate of drug-likeness (QED) is 0.886. The maximum absolute atomic E-state index is 14.0. The predicted octanol–water partition coefficient (Wildman–Crippen LogP) is 0.894. The van der Waals surface area contributed by atoms with Crippen molar-refractivity contribution in [3.05, 3.63) is 24.0 Å². The minimum Gasteiger partial charge on any atom is -0.225 e. The van der Waals surface area contributed by atoms with Crippen LogP contribution in [0.2, 0.25) is 0 Å². The molecule has 2 rings (SSSR count). The molecule has 0 aliphatic carbocycles. The molecule has 1 aliphatic heterocycles. The van der Waals surface area contributed by atoms with Crippen molar-refractivity contribution >= 4 is 20.0 Å². The molecule has 0 aromatic heterocycles. The van der Waals surface area contributed by atoms with Gasteiger partial charge in [0.15, 0.2) is 0 Å². The molecule has 1 saturated heterocycles. The summed E-state index contributed by atoms with van der Waals surface area (Å²) in [4.78, 5) is -0.992. The lowest BCUT2D eigenvalue weighted by Gasteiger charge is -2.20. The van der Waals surface area contributed by atoms with Gasteiger partial charge in [0, 0.05) is 13.1 Å². The molecule has 1 fully saturated rings. The van der Waals surface area contributed by atoms with Crippen LogP contribution in [0.1, 0.15) is 20.3 Å². The molecule has 0 amide bonds. The van der Waals surface area contributed by atoms with Gasteiger partial charge in [-0.1, -0.05) is 13.8 Å². The van der Waals surface area contributed by atoms with Crippen molar-refractivity contribution in [2.24, 2.45) is 10.6 Å². The zero-order chi connectivity index (χ0) is 16.1. The van der Waals surface area contributed by atoms with E-state index in [1.54, 1.807) is 0 Å². The van der Waals surface area contributed by atoms with Crippen LogP contribution in [0.3, 0.4) is 0 Å². The summed E-state index contributed by atoms with van der Waals surface area (Å²) in [6.45, 7) is 4.48. The van der Waals surface area contributed by atoms with E-state index in [2.05, 4.69) is 0 Å². The third-order valence-electron chi connectivity index (χ3n) is 3.49. The topological polar surface area (TPSA) is 97.5 Å². The first-order valence-electron chi connectivity index (χ1n) is 6.26. The van der Waals surface area contributed by atoms with Crippen molar-refractivity contribution in [1.82, 2.24) is 4.31 Å². The molecule has 0 spiro atoms. The largest absolute Gasteiger partial charge is 0.246 e. The van der Waals surface area contributed by atoms with Crippen LogP contribution in [-0.2, 0) is 20.0 Å². The lowest BCUT2D eigenvalue weighted by Crippen LogP contribution is -2.31. The Morgan fingerprint density at radius 3 is 2.29 bits per heavy atom. The number of sulfonamides is 2. The molecule has 9 heteroatoms. The fourth-order valence-corrected chi connectivity index (χ4v) is 4.47. The van der Waals surface area contributed by atoms with Gasteiger partial charge in [-0.05, 0) is 30.0 Å². The molecule has 1 aromatic rings. The maximum Gasteiger partial charge on any atom is 0.246 e. The standard InChI is InChI=1S/C12H17FN2O4S2/c1-12(2)5-6-15(8-12)21(18,19)11-4-3-9(7-10(11)13)20(14,16)17/h3-4,7H,5-6,8H2,1-2H3,(H2,14,16,17). The van der Waals surface area contributed by atoms with Gasteiger partial charge in [0.25, 0.3) is 0 Å². The Balaban J connectivity index is 2.43. The van der Waals surface area contributed by atoms with Crippen molar-refractivity contribution in [2.45, 2.75) is 30.1 Å². The fourth-order valence-electron chi connectivity index (χ4n) is 2.27. The first-order chi connectivity index (χ1) is 9.43. The van der Waals surface area contributed by atoms with E-state index in [-0.39, 0.29) is 5.41 Å². The van der Waals surface area contributed by atoms with Gasteiger partial charge in [0.2, 0.25) is 20.0 Å². The second-order valence-electron chi connectivity index (χ2n) is 5.89. The van der Waals surface area contributed by atoms with Crippen LogP contribution in [-0.4, -0.2) is 34.2 Å². The summed E-state index contributed by atoms with van der Waals surface area (Å²) in [5, 5.41) is 4.89. The number of primary sulfonamides is 1. The van der Waals surface area contributed by atoms with E-state index >= 15 is 0 Å². The zero-order valence-corrected chi connectivity index (χ0v) is 13.3. The Morgan fingerprint density at radius 2 is 1.86 bits per heavy atom. The van der Waals surface area contributed by atoms with Crippen molar-refractivity contribution in [1.29, 1.82) is 0 Å². The van der Waals surface area contributed by atoms with Gasteiger partial charge in [-0.2, -0.15) is 4.31 Å². The molecule has 21 heavy (non-hydrogen) atoms. The average Bonchev–Trinajstić information content (AvgIpc) is 2.68. The number of hydrogen-bond acceptors (Lipinski definition) is 4. The highest BCUT2D eigenvalue weighted by atomic mass is 32.2. The van der Waals surface area contributed by atoms with Crippen LogP contribution in [0.15, 0.2) is 28.0 Å². The Hall–Kier alpha value is -1.03. The molecule has 2 N–H and O–H groups in total. The smallest absolute Gasteiger partial charge is 0.225 e. The third-order valence-corrected chi connectivity index (χ3v) is 6.28. The summed E-state index contributed by atoms with van der Waals surface area (Å²) < 4.78 is 62.3. The fraction of sp³-hybridized carbons (Fsp3) is 0.500. The van der Waals surface area contributed by atoms with Crippen molar-refractivity contribution in [3.8, 4) is 0 Å². The van der Waals surface area contributed by atoms with Crippen LogP contribution < -0.4 is 5.14 Å². The summed E-state index contributed by atoms with van der Waals surface area (Å²) in [7, 11) is -8.05. The molecule has 0 atom stereocenters. The van der Waals surface area contributed by atoms with Crippen molar-refractivity contribution in [2.75, 3.05) is 13.1 Å². The van der Waals surface area contributed by atoms with Crippen molar-refractivity contribution < 1.29 is 21.2 Å². The number of rotatable bonds is 3. The molecule has 0 unspecified atom stereocenters. The first kappa shape index (κ1) is 16.3. The highest BCUT2D eigenvalue weighted by molar-refractivity contribution is 7.89. The monoisotopic (exact) mass is 336 g/mol. The lowest BCUT2D eigenvalue weighted by atomic mass is 9.93. The Morgan fingerprint density at radius 1 is 1.24 bits per heavy atom. The molecule has 0 radical (unpaired) electrons. The summed E-state index contributed by atoms with van der Waals surface area (Å²) in [6.07, 6.45) is 0.684. The highest BCUT2D eigenvalue weighted by Crippen LogP contribution is 2.33. The normalized spacial score (nSPS) is 19.8. The van der Waals surface area contributed by atoms with Crippen LogP contribution in [0.5, 0.6) is 0 Å². The van der Waals surface area contributed by atoms with Gasteiger partial charge in [0.1, 0.15) is 10.7 Å². The summed E-state index contributed by atoms with van der Waals surface area (Å²) >= 11 is 0. The number of nitrogens with zero attached hydrogens (tertiary/aromatic N) is 1. The molecule has 118 valence electrons. The molecular weight excluding hydrogens is 319 g/mol. The number of benzene rings is 1.